The number of amides is 1. The van der Waals surface area contributed by atoms with Gasteiger partial charge in [-0.15, -0.1) is 0 Å². The highest BCUT2D eigenvalue weighted by Crippen LogP contribution is 2.28. The Morgan fingerprint density at radius 2 is 2.04 bits per heavy atom. The molecule has 0 radical (unpaired) electrons. The zero-order valence-electron chi connectivity index (χ0n) is 17.1. The number of benzene rings is 1. The number of rotatable bonds is 9. The molecule has 0 fully saturated rings. The quantitative estimate of drug-likeness (QED) is 0.690. The molecular formula is C22H30FN3O2. The number of aromatic nitrogens is 1. The zero-order chi connectivity index (χ0) is 20.7. The van der Waals surface area contributed by atoms with E-state index in [1.54, 1.807) is 12.1 Å². The van der Waals surface area contributed by atoms with Crippen LogP contribution in [0.3, 0.4) is 0 Å². The Balaban J connectivity index is 1.92. The van der Waals surface area contributed by atoms with Crippen molar-refractivity contribution in [2.45, 2.75) is 39.7 Å². The highest BCUT2D eigenvalue weighted by atomic mass is 19.1. The van der Waals surface area contributed by atoms with E-state index < -0.39 is 0 Å². The summed E-state index contributed by atoms with van der Waals surface area (Å²) in [4.78, 5) is 18.6. The van der Waals surface area contributed by atoms with Gasteiger partial charge in [0.15, 0.2) is 0 Å². The second-order valence-electron chi connectivity index (χ2n) is 7.86. The topological polar surface area (TPSA) is 65.5 Å². The molecule has 1 amide bonds. The first-order valence-electron chi connectivity index (χ1n) is 9.54. The molecule has 1 aromatic heterocycles. The van der Waals surface area contributed by atoms with Gasteiger partial charge in [0.05, 0.1) is 0 Å². The summed E-state index contributed by atoms with van der Waals surface area (Å²) in [6.07, 6.45) is 1.33. The van der Waals surface area contributed by atoms with Crippen LogP contribution in [0.1, 0.15) is 42.9 Å². The fourth-order valence-corrected chi connectivity index (χ4v) is 3.28. The summed E-state index contributed by atoms with van der Waals surface area (Å²) in [5, 5.41) is 12.9. The third kappa shape index (κ3) is 6.30. The standard InChI is InChI=1S/C22H30FN3O2/c1-16-7-5-10-20(24-16)21(28)25-17(2)14-22(3,15-27)11-12-26(4)19-9-6-8-18(23)13-19/h5-10,13,17,27H,11-12,14-15H2,1-4H3,(H,25,28)/t17-,22-/m0/s1. The van der Waals surface area contributed by atoms with Crippen LogP contribution >= 0.6 is 0 Å². The molecule has 6 heteroatoms. The van der Waals surface area contributed by atoms with E-state index in [-0.39, 0.29) is 29.8 Å². The molecule has 1 aromatic carbocycles. The smallest absolute Gasteiger partial charge is 0.270 e. The maximum Gasteiger partial charge on any atom is 0.270 e. The number of carbonyl (C=O) groups excluding carboxylic acids is 1. The number of nitrogens with zero attached hydrogens (tertiary/aromatic N) is 2. The van der Waals surface area contributed by atoms with Gasteiger partial charge in [-0.05, 0) is 62.4 Å². The van der Waals surface area contributed by atoms with Crippen LogP contribution in [0.25, 0.3) is 0 Å². The van der Waals surface area contributed by atoms with Gasteiger partial charge in [-0.25, -0.2) is 9.37 Å². The molecule has 28 heavy (non-hydrogen) atoms. The normalized spacial score (nSPS) is 14.2. The van der Waals surface area contributed by atoms with Crippen LogP contribution in [0.15, 0.2) is 42.5 Å². The van der Waals surface area contributed by atoms with Crippen molar-refractivity contribution in [3.63, 3.8) is 0 Å². The second-order valence-corrected chi connectivity index (χ2v) is 7.86. The maximum atomic E-state index is 13.4. The summed E-state index contributed by atoms with van der Waals surface area (Å²) >= 11 is 0. The van der Waals surface area contributed by atoms with Gasteiger partial charge in [0, 0.05) is 37.6 Å². The highest BCUT2D eigenvalue weighted by molar-refractivity contribution is 5.92. The van der Waals surface area contributed by atoms with Crippen molar-refractivity contribution in [2.75, 3.05) is 25.1 Å². The number of halogens is 1. The van der Waals surface area contributed by atoms with Gasteiger partial charge in [-0.3, -0.25) is 4.79 Å². The third-order valence-corrected chi connectivity index (χ3v) is 4.98. The molecule has 2 aromatic rings. The van der Waals surface area contributed by atoms with Crippen molar-refractivity contribution in [1.29, 1.82) is 0 Å². The molecule has 152 valence electrons. The van der Waals surface area contributed by atoms with Crippen molar-refractivity contribution < 1.29 is 14.3 Å². The zero-order valence-corrected chi connectivity index (χ0v) is 17.1. The van der Waals surface area contributed by atoms with Gasteiger partial charge in [0.25, 0.3) is 5.91 Å². The first-order valence-corrected chi connectivity index (χ1v) is 9.54. The predicted octanol–water partition coefficient (Wildman–Crippen LogP) is 3.56. The van der Waals surface area contributed by atoms with Gasteiger partial charge in [0.1, 0.15) is 11.5 Å². The summed E-state index contributed by atoms with van der Waals surface area (Å²) in [7, 11) is 1.90. The fourth-order valence-electron chi connectivity index (χ4n) is 3.28. The van der Waals surface area contributed by atoms with Crippen molar-refractivity contribution in [2.24, 2.45) is 5.41 Å². The molecule has 2 atom stereocenters. The van der Waals surface area contributed by atoms with E-state index in [0.717, 1.165) is 11.4 Å². The van der Waals surface area contributed by atoms with Gasteiger partial charge in [-0.2, -0.15) is 0 Å². The van der Waals surface area contributed by atoms with Crippen molar-refractivity contribution in [3.8, 4) is 0 Å². The summed E-state index contributed by atoms with van der Waals surface area (Å²) in [6.45, 7) is 6.45. The first-order chi connectivity index (χ1) is 13.2. The summed E-state index contributed by atoms with van der Waals surface area (Å²) in [5.74, 6) is -0.483. The molecule has 0 aliphatic heterocycles. The maximum absolute atomic E-state index is 13.4. The monoisotopic (exact) mass is 387 g/mol. The molecule has 0 saturated carbocycles. The van der Waals surface area contributed by atoms with Gasteiger partial charge in [-0.1, -0.05) is 19.1 Å². The fraction of sp³-hybridized carbons (Fsp3) is 0.455. The molecule has 0 aliphatic carbocycles. The van der Waals surface area contributed by atoms with E-state index in [9.17, 15) is 14.3 Å². The Morgan fingerprint density at radius 3 is 2.68 bits per heavy atom. The molecule has 2 N–H and O–H groups in total. The molecule has 5 nitrogen and oxygen atoms in total. The van der Waals surface area contributed by atoms with Crippen LogP contribution in [0.2, 0.25) is 0 Å². The Labute approximate surface area is 166 Å². The number of aliphatic hydroxyl groups is 1. The number of carbonyl (C=O) groups is 1. The lowest BCUT2D eigenvalue weighted by Gasteiger charge is -2.33. The molecule has 0 saturated heterocycles. The minimum Gasteiger partial charge on any atom is -0.396 e. The number of anilines is 1. The van der Waals surface area contributed by atoms with Crippen molar-refractivity contribution in [3.05, 3.63) is 59.7 Å². The van der Waals surface area contributed by atoms with Crippen LogP contribution in [0.5, 0.6) is 0 Å². The predicted molar refractivity (Wildman–Crippen MR) is 110 cm³/mol. The SMILES string of the molecule is Cc1cccc(C(=O)N[C@@H](C)C[C@@](C)(CO)CCN(C)c2cccc(F)c2)n1. The van der Waals surface area contributed by atoms with Crippen LogP contribution in [0.4, 0.5) is 10.1 Å². The molecular weight excluding hydrogens is 357 g/mol. The lowest BCUT2D eigenvalue weighted by atomic mass is 9.81. The third-order valence-electron chi connectivity index (χ3n) is 4.98. The molecule has 0 spiro atoms. The number of hydrogen-bond acceptors (Lipinski definition) is 4. The average molecular weight is 387 g/mol. The lowest BCUT2D eigenvalue weighted by molar-refractivity contribution is 0.0877. The molecule has 0 unspecified atom stereocenters. The summed E-state index contributed by atoms with van der Waals surface area (Å²) in [6, 6.07) is 11.7. The van der Waals surface area contributed by atoms with E-state index in [2.05, 4.69) is 10.3 Å². The molecule has 0 aliphatic rings. The second kappa shape index (κ2) is 9.64. The summed E-state index contributed by atoms with van der Waals surface area (Å²) in [5.41, 5.74) is 1.62. The molecule has 0 bridgehead atoms. The number of pyridine rings is 1. The van der Waals surface area contributed by atoms with Crippen LogP contribution in [-0.4, -0.2) is 42.2 Å². The lowest BCUT2D eigenvalue weighted by Crippen LogP contribution is -2.39. The van der Waals surface area contributed by atoms with E-state index in [4.69, 9.17) is 0 Å². The minimum absolute atomic E-state index is 0.00684. The Kier molecular flexibility index (Phi) is 7.52. The number of hydrogen-bond donors (Lipinski definition) is 2. The van der Waals surface area contributed by atoms with E-state index in [1.807, 2.05) is 50.9 Å². The van der Waals surface area contributed by atoms with Crippen molar-refractivity contribution in [1.82, 2.24) is 10.3 Å². The Hall–Kier alpha value is -2.47. The number of nitrogens with one attached hydrogen (secondary N) is 1. The van der Waals surface area contributed by atoms with Gasteiger partial charge in [0.2, 0.25) is 0 Å². The minimum atomic E-state index is -0.367. The molecule has 2 rings (SSSR count). The van der Waals surface area contributed by atoms with E-state index >= 15 is 0 Å². The number of aryl methyl sites for hydroxylation is 1. The van der Waals surface area contributed by atoms with Crippen molar-refractivity contribution >= 4 is 11.6 Å². The number of aliphatic hydroxyl groups excluding tert-OH is 1. The Bertz CT molecular complexity index is 799. The highest BCUT2D eigenvalue weighted by Gasteiger charge is 2.27. The largest absolute Gasteiger partial charge is 0.396 e. The van der Waals surface area contributed by atoms with E-state index in [1.165, 1.54) is 12.1 Å². The van der Waals surface area contributed by atoms with Crippen LogP contribution < -0.4 is 10.2 Å². The van der Waals surface area contributed by atoms with E-state index in [0.29, 0.717) is 25.1 Å². The van der Waals surface area contributed by atoms with Gasteiger partial charge < -0.3 is 15.3 Å². The van der Waals surface area contributed by atoms with Gasteiger partial charge >= 0.3 is 0 Å². The Morgan fingerprint density at radius 1 is 1.32 bits per heavy atom. The summed E-state index contributed by atoms with van der Waals surface area (Å²) < 4.78 is 13.4. The average Bonchev–Trinajstić information content (AvgIpc) is 2.66. The van der Waals surface area contributed by atoms with Crippen LogP contribution in [-0.2, 0) is 0 Å². The molecule has 1 heterocycles. The van der Waals surface area contributed by atoms with Crippen LogP contribution in [0, 0.1) is 18.2 Å². The first kappa shape index (κ1) is 21.8.